The number of nitrogens with zero attached hydrogens (tertiary/aromatic N) is 1. The first-order chi connectivity index (χ1) is 8.17. The topological polar surface area (TPSA) is 43.7 Å². The Morgan fingerprint density at radius 2 is 1.72 bits per heavy atom. The van der Waals surface area contributed by atoms with Gasteiger partial charge in [-0.15, -0.1) is 0 Å². The maximum absolute atomic E-state index is 10.9. The summed E-state index contributed by atoms with van der Waals surface area (Å²) in [4.78, 5) is 2.40. The zero-order valence-corrected chi connectivity index (χ0v) is 12.2. The number of fused-ring (bicyclic) bond motifs is 1. The predicted molar refractivity (Wildman–Crippen MR) is 71.0 cm³/mol. The molecule has 1 saturated carbocycles. The summed E-state index contributed by atoms with van der Waals surface area (Å²) >= 11 is 0. The molecule has 0 unspecified atom stereocenters. The second-order valence-electron chi connectivity index (χ2n) is 7.97. The van der Waals surface area contributed by atoms with Crippen molar-refractivity contribution in [2.24, 2.45) is 16.7 Å². The molecule has 1 aliphatic carbocycles. The zero-order chi connectivity index (χ0) is 13.4. The monoisotopic (exact) mass is 253 g/mol. The molecule has 2 saturated heterocycles. The molecule has 0 aromatic carbocycles. The molecule has 0 amide bonds. The van der Waals surface area contributed by atoms with Crippen molar-refractivity contribution in [2.75, 3.05) is 13.1 Å². The lowest BCUT2D eigenvalue weighted by molar-refractivity contribution is -0.281. The summed E-state index contributed by atoms with van der Waals surface area (Å²) in [7, 11) is 0. The van der Waals surface area contributed by atoms with E-state index in [1.165, 1.54) is 12.8 Å². The van der Waals surface area contributed by atoms with Crippen molar-refractivity contribution in [1.82, 2.24) is 4.90 Å². The van der Waals surface area contributed by atoms with Crippen molar-refractivity contribution in [3.05, 3.63) is 0 Å². The quantitative estimate of drug-likeness (QED) is 0.740. The molecule has 104 valence electrons. The minimum absolute atomic E-state index is 0.0210. The Morgan fingerprint density at radius 3 is 2.22 bits per heavy atom. The van der Waals surface area contributed by atoms with Crippen LogP contribution in [0.15, 0.2) is 0 Å². The van der Waals surface area contributed by atoms with Gasteiger partial charge in [0.25, 0.3) is 0 Å². The van der Waals surface area contributed by atoms with Gasteiger partial charge in [-0.25, -0.2) is 0 Å². The summed E-state index contributed by atoms with van der Waals surface area (Å²) in [6.07, 6.45) is 4.59. The number of rotatable bonds is 2. The molecule has 2 aliphatic heterocycles. The fraction of sp³-hybridized carbons (Fsp3) is 1.00. The van der Waals surface area contributed by atoms with E-state index in [0.29, 0.717) is 5.41 Å². The zero-order valence-electron chi connectivity index (χ0n) is 12.2. The maximum Gasteiger partial charge on any atom is 0.184 e. The first-order valence-corrected chi connectivity index (χ1v) is 7.37. The van der Waals surface area contributed by atoms with Gasteiger partial charge in [-0.2, -0.15) is 0 Å². The van der Waals surface area contributed by atoms with Crippen LogP contribution in [0.2, 0.25) is 0 Å². The van der Waals surface area contributed by atoms with E-state index < -0.39 is 11.3 Å². The third-order valence-electron chi connectivity index (χ3n) is 6.19. The highest BCUT2D eigenvalue weighted by molar-refractivity contribution is 5.24. The van der Waals surface area contributed by atoms with Gasteiger partial charge in [0, 0.05) is 12.5 Å². The van der Waals surface area contributed by atoms with Gasteiger partial charge in [-0.1, -0.05) is 27.7 Å². The molecule has 3 rings (SSSR count). The summed E-state index contributed by atoms with van der Waals surface area (Å²) in [6.45, 7) is 10.4. The van der Waals surface area contributed by atoms with Crippen molar-refractivity contribution in [3.63, 3.8) is 0 Å². The fourth-order valence-electron chi connectivity index (χ4n) is 4.66. The number of aliphatic hydroxyl groups is 2. The van der Waals surface area contributed by atoms with Gasteiger partial charge >= 0.3 is 0 Å². The number of hydrogen-bond donors (Lipinski definition) is 2. The molecule has 3 aliphatic rings. The van der Waals surface area contributed by atoms with Crippen LogP contribution >= 0.6 is 0 Å². The van der Waals surface area contributed by atoms with Gasteiger partial charge in [0.2, 0.25) is 0 Å². The summed E-state index contributed by atoms with van der Waals surface area (Å²) < 4.78 is 0. The standard InChI is InChI=1S/C15H27NO2/c1-11(2)15(17,18)14-9-13(5-6-13)10-16(14)8-7-12(14,3)4/h11,17-18H,5-10H2,1-4H3/t14-/m1/s1. The fourth-order valence-corrected chi connectivity index (χ4v) is 4.66. The van der Waals surface area contributed by atoms with E-state index in [1.807, 2.05) is 13.8 Å². The third-order valence-corrected chi connectivity index (χ3v) is 6.19. The summed E-state index contributed by atoms with van der Waals surface area (Å²) in [5, 5.41) is 21.7. The van der Waals surface area contributed by atoms with E-state index in [9.17, 15) is 10.2 Å². The minimum Gasteiger partial charge on any atom is -0.364 e. The molecular weight excluding hydrogens is 226 g/mol. The van der Waals surface area contributed by atoms with E-state index in [-0.39, 0.29) is 11.3 Å². The van der Waals surface area contributed by atoms with Gasteiger partial charge in [-0.3, -0.25) is 4.90 Å². The van der Waals surface area contributed by atoms with Crippen molar-refractivity contribution < 1.29 is 10.2 Å². The maximum atomic E-state index is 10.9. The van der Waals surface area contributed by atoms with Gasteiger partial charge in [0.1, 0.15) is 0 Å². The Labute approximate surface area is 110 Å². The highest BCUT2D eigenvalue weighted by atomic mass is 16.5. The van der Waals surface area contributed by atoms with E-state index in [2.05, 4.69) is 18.7 Å². The van der Waals surface area contributed by atoms with Crippen LogP contribution in [-0.4, -0.2) is 39.5 Å². The van der Waals surface area contributed by atoms with Gasteiger partial charge in [0.15, 0.2) is 5.79 Å². The molecule has 0 aromatic heterocycles. The Kier molecular flexibility index (Phi) is 2.37. The van der Waals surface area contributed by atoms with Crippen LogP contribution in [0.5, 0.6) is 0 Å². The molecule has 3 fully saturated rings. The second-order valence-corrected chi connectivity index (χ2v) is 7.97. The predicted octanol–water partition coefficient (Wildman–Crippen LogP) is 1.98. The first kappa shape index (κ1) is 12.9. The van der Waals surface area contributed by atoms with Crippen LogP contribution in [0.1, 0.15) is 53.4 Å². The van der Waals surface area contributed by atoms with E-state index >= 15 is 0 Å². The van der Waals surface area contributed by atoms with Crippen LogP contribution in [0.3, 0.4) is 0 Å². The van der Waals surface area contributed by atoms with Crippen molar-refractivity contribution >= 4 is 0 Å². The number of hydrogen-bond acceptors (Lipinski definition) is 3. The first-order valence-electron chi connectivity index (χ1n) is 7.37. The molecule has 1 spiro atoms. The van der Waals surface area contributed by atoms with Crippen molar-refractivity contribution in [3.8, 4) is 0 Å². The van der Waals surface area contributed by atoms with E-state index in [0.717, 1.165) is 25.9 Å². The average molecular weight is 253 g/mol. The molecule has 2 heterocycles. The molecule has 0 radical (unpaired) electrons. The smallest absolute Gasteiger partial charge is 0.184 e. The van der Waals surface area contributed by atoms with Crippen LogP contribution in [0.4, 0.5) is 0 Å². The minimum atomic E-state index is -1.58. The van der Waals surface area contributed by atoms with Gasteiger partial charge < -0.3 is 10.2 Å². The molecule has 1 atom stereocenters. The molecule has 0 aromatic rings. The molecule has 3 heteroatoms. The Morgan fingerprint density at radius 1 is 1.11 bits per heavy atom. The van der Waals surface area contributed by atoms with Crippen molar-refractivity contribution in [2.45, 2.75) is 64.7 Å². The average Bonchev–Trinajstić information content (AvgIpc) is 2.80. The SMILES string of the molecule is CC(C)C(O)(O)[C@]12CC3(CC3)CN1CCC2(C)C. The summed E-state index contributed by atoms with van der Waals surface area (Å²) in [5.41, 5.74) is -0.0547. The largest absolute Gasteiger partial charge is 0.364 e. The summed E-state index contributed by atoms with van der Waals surface area (Å²) in [5.74, 6) is -1.72. The summed E-state index contributed by atoms with van der Waals surface area (Å²) in [6, 6.07) is 0. The van der Waals surface area contributed by atoms with E-state index in [1.54, 1.807) is 0 Å². The Balaban J connectivity index is 2.08. The lowest BCUT2D eigenvalue weighted by Crippen LogP contribution is -2.67. The van der Waals surface area contributed by atoms with Gasteiger partial charge in [-0.05, 0) is 43.1 Å². The molecular formula is C15H27NO2. The molecule has 3 nitrogen and oxygen atoms in total. The second kappa shape index (κ2) is 3.31. The molecule has 18 heavy (non-hydrogen) atoms. The third kappa shape index (κ3) is 1.31. The molecule has 2 N–H and O–H groups in total. The Hall–Kier alpha value is -0.120. The van der Waals surface area contributed by atoms with Crippen LogP contribution in [-0.2, 0) is 0 Å². The lowest BCUT2D eigenvalue weighted by Gasteiger charge is -2.52. The van der Waals surface area contributed by atoms with Crippen LogP contribution < -0.4 is 0 Å². The normalized spacial score (nSPS) is 37.5. The lowest BCUT2D eigenvalue weighted by atomic mass is 9.63. The van der Waals surface area contributed by atoms with Crippen LogP contribution in [0.25, 0.3) is 0 Å². The molecule has 0 bridgehead atoms. The van der Waals surface area contributed by atoms with E-state index in [4.69, 9.17) is 0 Å². The van der Waals surface area contributed by atoms with Crippen molar-refractivity contribution in [1.29, 1.82) is 0 Å². The van der Waals surface area contributed by atoms with Gasteiger partial charge in [0.05, 0.1) is 5.54 Å². The highest BCUT2D eigenvalue weighted by Gasteiger charge is 2.73. The van der Waals surface area contributed by atoms with Crippen LogP contribution in [0, 0.1) is 16.7 Å². The highest BCUT2D eigenvalue weighted by Crippen LogP contribution is 2.67. The Bertz CT molecular complexity index is 371.